The maximum Gasteiger partial charge on any atom is 0.280 e. The second-order valence-corrected chi connectivity index (χ2v) is 21.8. The van der Waals surface area contributed by atoms with Crippen molar-refractivity contribution in [2.45, 2.75) is 108 Å². The summed E-state index contributed by atoms with van der Waals surface area (Å²) in [6, 6.07) is 0. The van der Waals surface area contributed by atoms with E-state index in [4.69, 9.17) is 19.3 Å². The van der Waals surface area contributed by atoms with Crippen LogP contribution in [0.2, 0.25) is 27.8 Å². The zero-order valence-electron chi connectivity index (χ0n) is 22.1. The number of nitrogens with two attached hydrogens (primary N) is 1. The van der Waals surface area contributed by atoms with Crippen molar-refractivity contribution in [2.75, 3.05) is 12.3 Å². The number of aliphatic hydroxyl groups is 1. The molecular formula is C23H41N5O5Si2. The molecule has 4 N–H and O–H groups in total. The van der Waals surface area contributed by atoms with Gasteiger partial charge in [0.05, 0.1) is 12.9 Å². The number of imidazole rings is 1. The fourth-order valence-electron chi connectivity index (χ4n) is 6.13. The largest absolute Gasteiger partial charge is 0.414 e. The minimum absolute atomic E-state index is 0.0157. The first-order valence-corrected chi connectivity index (χ1v) is 17.3. The van der Waals surface area contributed by atoms with Gasteiger partial charge in [-0.2, -0.15) is 4.98 Å². The summed E-state index contributed by atoms with van der Waals surface area (Å²) in [7, 11) is -4.64. The Balaban J connectivity index is 1.79. The molecule has 2 aromatic rings. The van der Waals surface area contributed by atoms with E-state index in [1.807, 2.05) is 0 Å². The maximum absolute atomic E-state index is 12.3. The average molecular weight is 524 g/mol. The van der Waals surface area contributed by atoms with Crippen LogP contribution < -0.4 is 11.3 Å². The lowest BCUT2D eigenvalue weighted by atomic mass is 10.1. The fourth-order valence-corrected chi connectivity index (χ4v) is 22.0. The van der Waals surface area contributed by atoms with E-state index in [0.29, 0.717) is 28.8 Å². The molecule has 196 valence electrons. The zero-order valence-corrected chi connectivity index (χ0v) is 24.1. The first-order chi connectivity index (χ1) is 16.3. The Labute approximate surface area is 208 Å². The molecule has 35 heavy (non-hydrogen) atoms. The molecule has 0 bridgehead atoms. The molecule has 2 aliphatic rings. The van der Waals surface area contributed by atoms with E-state index in [0.717, 1.165) is 5.67 Å². The smallest absolute Gasteiger partial charge is 0.280 e. The van der Waals surface area contributed by atoms with Crippen LogP contribution in [-0.4, -0.2) is 66.2 Å². The highest BCUT2D eigenvalue weighted by Gasteiger charge is 2.60. The van der Waals surface area contributed by atoms with Gasteiger partial charge in [0.2, 0.25) is 5.95 Å². The average Bonchev–Trinajstić information content (AvgIpc) is 3.28. The van der Waals surface area contributed by atoms with E-state index in [2.05, 4.69) is 70.3 Å². The normalized spacial score (nSPS) is 28.7. The molecule has 2 aromatic heterocycles. The minimum Gasteiger partial charge on any atom is -0.414 e. The van der Waals surface area contributed by atoms with Crippen LogP contribution >= 0.6 is 0 Å². The van der Waals surface area contributed by atoms with Gasteiger partial charge in [0.1, 0.15) is 18.3 Å². The van der Waals surface area contributed by atoms with E-state index in [9.17, 15) is 9.90 Å². The van der Waals surface area contributed by atoms with Gasteiger partial charge in [-0.25, -0.2) is 4.98 Å². The third kappa shape index (κ3) is 4.21. The number of rotatable bonds is 5. The molecule has 4 heterocycles. The summed E-state index contributed by atoms with van der Waals surface area (Å²) in [5, 5.41) is 11.5. The highest BCUT2D eigenvalue weighted by molar-refractivity contribution is 6.94. The number of H-pyrrole nitrogens is 1. The van der Waals surface area contributed by atoms with Crippen LogP contribution in [0.3, 0.4) is 0 Å². The Morgan fingerprint density at radius 2 is 1.69 bits per heavy atom. The molecule has 0 aliphatic carbocycles. The van der Waals surface area contributed by atoms with Gasteiger partial charge in [-0.1, -0.05) is 55.4 Å². The lowest BCUT2D eigenvalue weighted by molar-refractivity contribution is -0.0497. The first-order valence-electron chi connectivity index (χ1n) is 12.7. The van der Waals surface area contributed by atoms with E-state index < -0.39 is 46.7 Å². The van der Waals surface area contributed by atoms with E-state index >= 15 is 0 Å². The highest BCUT2D eigenvalue weighted by atomic mass is 28.4. The number of nitrogens with zero attached hydrogens (tertiary/aromatic N) is 3. The number of fused-ring (bicyclic) bond motifs is 2. The summed E-state index contributed by atoms with van der Waals surface area (Å²) >= 11 is 0. The monoisotopic (exact) mass is 523 g/mol. The van der Waals surface area contributed by atoms with Crippen LogP contribution in [0.25, 0.3) is 11.2 Å². The number of aromatic amines is 1. The highest BCUT2D eigenvalue weighted by Crippen LogP contribution is 2.50. The molecule has 0 radical (unpaired) electrons. The zero-order chi connectivity index (χ0) is 25.9. The molecule has 4 atom stereocenters. The van der Waals surface area contributed by atoms with E-state index in [1.54, 1.807) is 4.57 Å². The van der Waals surface area contributed by atoms with Gasteiger partial charge in [-0.3, -0.25) is 14.3 Å². The molecule has 0 amide bonds. The summed E-state index contributed by atoms with van der Waals surface area (Å²) in [6.07, 6.45) is -1.30. The molecule has 0 unspecified atom stereocenters. The predicted molar refractivity (Wildman–Crippen MR) is 140 cm³/mol. The fraction of sp³-hybridized carbons (Fsp3) is 0.783. The van der Waals surface area contributed by atoms with Crippen molar-refractivity contribution in [3.05, 3.63) is 16.7 Å². The van der Waals surface area contributed by atoms with Crippen molar-refractivity contribution < 1.29 is 18.7 Å². The van der Waals surface area contributed by atoms with Gasteiger partial charge in [0.15, 0.2) is 34.0 Å². The van der Waals surface area contributed by atoms with Gasteiger partial charge in [0, 0.05) is 0 Å². The second kappa shape index (κ2) is 9.38. The van der Waals surface area contributed by atoms with Crippen molar-refractivity contribution in [3.8, 4) is 0 Å². The molecular weight excluding hydrogens is 482 g/mol. The maximum atomic E-state index is 12.3. The molecule has 2 saturated heterocycles. The van der Waals surface area contributed by atoms with Gasteiger partial charge in [0.25, 0.3) is 5.56 Å². The molecule has 10 nitrogen and oxygen atoms in total. The van der Waals surface area contributed by atoms with Crippen LogP contribution in [0.4, 0.5) is 5.95 Å². The third-order valence-electron chi connectivity index (χ3n) is 8.37. The summed E-state index contributed by atoms with van der Waals surface area (Å²) < 4.78 is 22.1. The Bertz CT molecular complexity index is 1100. The van der Waals surface area contributed by atoms with Crippen LogP contribution in [0.15, 0.2) is 11.1 Å². The quantitative estimate of drug-likeness (QED) is 0.507. The molecule has 12 heteroatoms. The van der Waals surface area contributed by atoms with Gasteiger partial charge < -0.3 is 24.4 Å². The number of aromatic nitrogens is 4. The lowest BCUT2D eigenvalue weighted by Crippen LogP contribution is -2.62. The summed E-state index contributed by atoms with van der Waals surface area (Å²) in [5.41, 5.74) is 8.30. The second-order valence-electron chi connectivity index (χ2n) is 11.4. The summed E-state index contributed by atoms with van der Waals surface area (Å²) in [4.78, 5) is 23.2. The Morgan fingerprint density at radius 1 is 1.09 bits per heavy atom. The molecule has 2 aliphatic heterocycles. The standard InChI is InChI=1S/C23H41N5O5Si2/c1-12(2)34(13(3)4)11-35(14(5)6,15(7)8)33-19-16(9-31-34)32-22(18(19)29)28-10-25-17-20(28)26-23(24)27-21(17)30/h10,12-16,18-19,22,29H,9,11H2,1-8H3,(H3,24,26,27,30)/t16-,18-,19-,22-/m1/s1. The number of nitrogen functional groups attached to an aromatic ring is 1. The van der Waals surface area contributed by atoms with Gasteiger partial charge in [-0.15, -0.1) is 0 Å². The minimum atomic E-state index is -2.41. The van der Waals surface area contributed by atoms with E-state index in [-0.39, 0.29) is 17.1 Å². The molecule has 0 saturated carbocycles. The first kappa shape index (κ1) is 26.5. The molecule has 0 aromatic carbocycles. The number of hydrogen-bond acceptors (Lipinski definition) is 8. The third-order valence-corrected chi connectivity index (χ3v) is 22.0. The topological polar surface area (TPSA) is 138 Å². The van der Waals surface area contributed by atoms with Crippen molar-refractivity contribution in [3.63, 3.8) is 0 Å². The van der Waals surface area contributed by atoms with Crippen LogP contribution in [0.1, 0.15) is 61.6 Å². The van der Waals surface area contributed by atoms with Crippen molar-refractivity contribution in [1.29, 1.82) is 0 Å². The molecule has 2 fully saturated rings. The van der Waals surface area contributed by atoms with Crippen molar-refractivity contribution in [2.24, 2.45) is 0 Å². The van der Waals surface area contributed by atoms with Crippen LogP contribution in [0.5, 0.6) is 0 Å². The number of nitrogens with one attached hydrogen (secondary N) is 1. The summed E-state index contributed by atoms with van der Waals surface area (Å²) in [6.45, 7) is 18.5. The number of aliphatic hydroxyl groups excluding tert-OH is 1. The molecule has 4 rings (SSSR count). The SMILES string of the molecule is CC(C)[Si]1(C(C)C)C[Si](C(C)C)(C(C)C)O[C@H]2[C@@H](O)[C@H](n3cnc4c(=O)[nH]c(N)nc43)O[C@@H]2CO1. The Hall–Kier alpha value is -1.58. The number of hydrogen-bond donors (Lipinski definition) is 3. The molecule has 0 spiro atoms. The Kier molecular flexibility index (Phi) is 7.10. The number of anilines is 1. The summed E-state index contributed by atoms with van der Waals surface area (Å²) in [5.74, 6) is -0.0157. The Morgan fingerprint density at radius 3 is 2.26 bits per heavy atom. The van der Waals surface area contributed by atoms with Crippen LogP contribution in [-0.2, 0) is 13.6 Å². The predicted octanol–water partition coefficient (Wildman–Crippen LogP) is 3.45. The van der Waals surface area contributed by atoms with Crippen molar-refractivity contribution >= 4 is 33.7 Å². The van der Waals surface area contributed by atoms with Gasteiger partial charge >= 0.3 is 0 Å². The number of ether oxygens (including phenoxy) is 1. The van der Waals surface area contributed by atoms with E-state index in [1.165, 1.54) is 6.33 Å². The van der Waals surface area contributed by atoms with Crippen molar-refractivity contribution in [1.82, 2.24) is 19.5 Å². The van der Waals surface area contributed by atoms with Crippen LogP contribution in [0, 0.1) is 0 Å². The van der Waals surface area contributed by atoms with Gasteiger partial charge in [-0.05, 0) is 27.8 Å². The lowest BCUT2D eigenvalue weighted by Gasteiger charge is -2.51.